The minimum Gasteiger partial charge on any atom is -0.349 e. The van der Waals surface area contributed by atoms with Gasteiger partial charge in [0, 0.05) is 11.3 Å². The predicted molar refractivity (Wildman–Crippen MR) is 98.5 cm³/mol. The van der Waals surface area contributed by atoms with E-state index in [2.05, 4.69) is 5.32 Å². The lowest BCUT2D eigenvalue weighted by Crippen LogP contribution is -2.36. The molecule has 1 amide bonds. The van der Waals surface area contributed by atoms with Crippen molar-refractivity contribution in [2.45, 2.75) is 36.1 Å². The fourth-order valence-electron chi connectivity index (χ4n) is 2.96. The Bertz CT molecular complexity index is 885. The number of nitrogens with one attached hydrogen (secondary N) is 1. The number of amides is 1. The van der Waals surface area contributed by atoms with Gasteiger partial charge >= 0.3 is 0 Å². The Morgan fingerprint density at radius 2 is 1.64 bits per heavy atom. The minimum absolute atomic E-state index is 0.00508. The van der Waals surface area contributed by atoms with Crippen molar-refractivity contribution >= 4 is 27.3 Å². The highest BCUT2D eigenvalue weighted by molar-refractivity contribution is 7.90. The third kappa shape index (κ3) is 3.72. The smallest absolute Gasteiger partial charge is 0.231 e. The fourth-order valence-corrected chi connectivity index (χ4v) is 3.72. The zero-order valence-electron chi connectivity index (χ0n) is 14.1. The Labute approximate surface area is 153 Å². The van der Waals surface area contributed by atoms with E-state index in [1.165, 1.54) is 6.26 Å². The number of rotatable bonds is 5. The van der Waals surface area contributed by atoms with Crippen LogP contribution in [0.2, 0.25) is 5.02 Å². The molecule has 132 valence electrons. The molecule has 6 heteroatoms. The second kappa shape index (κ2) is 6.46. The second-order valence-electron chi connectivity index (χ2n) is 6.63. The van der Waals surface area contributed by atoms with Gasteiger partial charge in [-0.15, -0.1) is 0 Å². The molecule has 0 aromatic heterocycles. The fraction of sp³-hybridized carbons (Fsp3) is 0.316. The lowest BCUT2D eigenvalue weighted by atomic mass is 9.94. The molecule has 1 saturated carbocycles. The molecule has 0 heterocycles. The Balaban J connectivity index is 1.73. The van der Waals surface area contributed by atoms with Gasteiger partial charge in [-0.05, 0) is 55.2 Å². The molecule has 2 aromatic carbocycles. The van der Waals surface area contributed by atoms with E-state index in [0.29, 0.717) is 5.02 Å². The van der Waals surface area contributed by atoms with Crippen molar-refractivity contribution in [3.63, 3.8) is 0 Å². The van der Waals surface area contributed by atoms with Gasteiger partial charge in [-0.25, -0.2) is 8.42 Å². The molecule has 1 unspecified atom stereocenters. The highest BCUT2D eigenvalue weighted by Crippen LogP contribution is 2.48. The number of benzene rings is 2. The summed E-state index contributed by atoms with van der Waals surface area (Å²) in [5.74, 6) is -0.00508. The molecular formula is C19H20ClNO3S. The SMILES string of the molecule is CC(NC(=O)C1(c2ccc(Cl)cc2)CC1)c1ccc(S(C)(=O)=O)cc1. The van der Waals surface area contributed by atoms with Crippen LogP contribution in [0.5, 0.6) is 0 Å². The lowest BCUT2D eigenvalue weighted by molar-refractivity contribution is -0.124. The maximum absolute atomic E-state index is 12.8. The normalized spacial score (nSPS) is 16.9. The third-order valence-electron chi connectivity index (χ3n) is 4.74. The molecule has 1 fully saturated rings. The zero-order chi connectivity index (χ0) is 18.2. The summed E-state index contributed by atoms with van der Waals surface area (Å²) in [5, 5.41) is 3.70. The Morgan fingerprint density at radius 3 is 2.12 bits per heavy atom. The molecule has 1 N–H and O–H groups in total. The predicted octanol–water partition coefficient (Wildman–Crippen LogP) is 3.65. The molecule has 2 aromatic rings. The number of carbonyl (C=O) groups excluding carboxylic acids is 1. The average Bonchev–Trinajstić information content (AvgIpc) is 3.36. The van der Waals surface area contributed by atoms with Crippen molar-refractivity contribution in [2.24, 2.45) is 0 Å². The molecule has 0 spiro atoms. The highest BCUT2D eigenvalue weighted by Gasteiger charge is 2.51. The van der Waals surface area contributed by atoms with Crippen molar-refractivity contribution < 1.29 is 13.2 Å². The molecule has 4 nitrogen and oxygen atoms in total. The summed E-state index contributed by atoms with van der Waals surface area (Å²) in [4.78, 5) is 13.1. The van der Waals surface area contributed by atoms with Gasteiger partial charge in [0.05, 0.1) is 16.4 Å². The number of hydrogen-bond acceptors (Lipinski definition) is 3. The molecule has 1 aliphatic carbocycles. The van der Waals surface area contributed by atoms with Crippen LogP contribution in [0.1, 0.15) is 36.9 Å². The maximum atomic E-state index is 12.8. The Morgan fingerprint density at radius 1 is 1.08 bits per heavy atom. The van der Waals surface area contributed by atoms with Crippen LogP contribution in [0.3, 0.4) is 0 Å². The van der Waals surface area contributed by atoms with E-state index in [9.17, 15) is 13.2 Å². The Kier molecular flexibility index (Phi) is 4.64. The quantitative estimate of drug-likeness (QED) is 0.864. The summed E-state index contributed by atoms with van der Waals surface area (Å²) in [6.45, 7) is 1.89. The second-order valence-corrected chi connectivity index (χ2v) is 9.08. The van der Waals surface area contributed by atoms with E-state index >= 15 is 0 Å². The summed E-state index contributed by atoms with van der Waals surface area (Å²) >= 11 is 5.93. The standard InChI is InChI=1S/C19H20ClNO3S/c1-13(14-3-9-17(10-4-14)25(2,23)24)21-18(22)19(11-12-19)15-5-7-16(20)8-6-15/h3-10,13H,11-12H2,1-2H3,(H,21,22). The zero-order valence-corrected chi connectivity index (χ0v) is 15.7. The summed E-state index contributed by atoms with van der Waals surface area (Å²) in [7, 11) is -3.22. The van der Waals surface area contributed by atoms with Crippen molar-refractivity contribution in [1.29, 1.82) is 0 Å². The van der Waals surface area contributed by atoms with Crippen LogP contribution in [0.4, 0.5) is 0 Å². The van der Waals surface area contributed by atoms with Gasteiger partial charge in [0.1, 0.15) is 0 Å². The number of halogens is 1. The first-order valence-corrected chi connectivity index (χ1v) is 10.4. The van der Waals surface area contributed by atoms with E-state index in [1.807, 2.05) is 19.1 Å². The molecule has 1 aliphatic rings. The van der Waals surface area contributed by atoms with E-state index < -0.39 is 15.3 Å². The summed E-state index contributed by atoms with van der Waals surface area (Å²) in [6, 6.07) is 13.8. The van der Waals surface area contributed by atoms with E-state index in [4.69, 9.17) is 11.6 Å². The van der Waals surface area contributed by atoms with Crippen LogP contribution in [-0.2, 0) is 20.0 Å². The van der Waals surface area contributed by atoms with Crippen molar-refractivity contribution in [2.75, 3.05) is 6.26 Å². The van der Waals surface area contributed by atoms with Gasteiger partial charge in [-0.1, -0.05) is 35.9 Å². The van der Waals surface area contributed by atoms with Crippen LogP contribution >= 0.6 is 11.6 Å². The molecule has 3 rings (SSSR count). The van der Waals surface area contributed by atoms with E-state index in [0.717, 1.165) is 24.0 Å². The lowest BCUT2D eigenvalue weighted by Gasteiger charge is -2.20. The van der Waals surface area contributed by atoms with Crippen LogP contribution in [-0.4, -0.2) is 20.6 Å². The molecule has 1 atom stereocenters. The monoisotopic (exact) mass is 377 g/mol. The van der Waals surface area contributed by atoms with Crippen molar-refractivity contribution in [3.8, 4) is 0 Å². The van der Waals surface area contributed by atoms with Crippen molar-refractivity contribution in [1.82, 2.24) is 5.32 Å². The number of hydrogen-bond donors (Lipinski definition) is 1. The van der Waals surface area contributed by atoms with E-state index in [1.54, 1.807) is 36.4 Å². The van der Waals surface area contributed by atoms with Gasteiger partial charge in [-0.2, -0.15) is 0 Å². The van der Waals surface area contributed by atoms with Gasteiger partial charge < -0.3 is 5.32 Å². The first-order chi connectivity index (χ1) is 11.7. The molecular weight excluding hydrogens is 358 g/mol. The Hall–Kier alpha value is -1.85. The van der Waals surface area contributed by atoms with Crippen LogP contribution in [0, 0.1) is 0 Å². The van der Waals surface area contributed by atoms with E-state index in [-0.39, 0.29) is 16.8 Å². The first-order valence-electron chi connectivity index (χ1n) is 8.09. The van der Waals surface area contributed by atoms with Crippen molar-refractivity contribution in [3.05, 3.63) is 64.7 Å². The molecule has 0 bridgehead atoms. The topological polar surface area (TPSA) is 63.2 Å². The summed E-state index contributed by atoms with van der Waals surface area (Å²) in [5.41, 5.74) is 1.38. The molecule has 0 saturated heterocycles. The number of carbonyl (C=O) groups is 1. The summed E-state index contributed by atoms with van der Waals surface area (Å²) < 4.78 is 23.1. The molecule has 0 aliphatic heterocycles. The van der Waals surface area contributed by atoms with Gasteiger partial charge in [0.15, 0.2) is 9.84 Å². The first kappa shape index (κ1) is 18.0. The average molecular weight is 378 g/mol. The third-order valence-corrected chi connectivity index (χ3v) is 6.12. The largest absolute Gasteiger partial charge is 0.349 e. The molecule has 25 heavy (non-hydrogen) atoms. The maximum Gasteiger partial charge on any atom is 0.231 e. The highest BCUT2D eigenvalue weighted by atomic mass is 35.5. The van der Waals surface area contributed by atoms with Gasteiger partial charge in [0.2, 0.25) is 5.91 Å². The van der Waals surface area contributed by atoms with Crippen LogP contribution in [0.25, 0.3) is 0 Å². The number of sulfone groups is 1. The summed E-state index contributed by atoms with van der Waals surface area (Å²) in [6.07, 6.45) is 2.82. The molecule has 0 radical (unpaired) electrons. The van der Waals surface area contributed by atoms with Crippen LogP contribution < -0.4 is 5.32 Å². The minimum atomic E-state index is -3.22. The van der Waals surface area contributed by atoms with Gasteiger partial charge in [0.25, 0.3) is 0 Å². The van der Waals surface area contributed by atoms with Crippen LogP contribution in [0.15, 0.2) is 53.4 Å². The van der Waals surface area contributed by atoms with Gasteiger partial charge in [-0.3, -0.25) is 4.79 Å².